The largest absolute Gasteiger partial charge is 0.496 e. The maximum Gasteiger partial charge on any atom is 0.295 e. The minimum atomic E-state index is -1.29. The zero-order chi connectivity index (χ0) is 21.3. The molecule has 30 heavy (non-hydrogen) atoms. The number of ketones is 2. The highest BCUT2D eigenvalue weighted by molar-refractivity contribution is 6.49. The van der Waals surface area contributed by atoms with E-state index in [1.54, 1.807) is 36.4 Å². The van der Waals surface area contributed by atoms with Gasteiger partial charge < -0.3 is 4.74 Å². The van der Waals surface area contributed by atoms with Crippen molar-refractivity contribution in [2.75, 3.05) is 12.0 Å². The first-order valence-electron chi connectivity index (χ1n) is 9.23. The van der Waals surface area contributed by atoms with Gasteiger partial charge >= 0.3 is 0 Å². The predicted molar refractivity (Wildman–Crippen MR) is 107 cm³/mol. The summed E-state index contributed by atoms with van der Waals surface area (Å²) in [6.07, 6.45) is 2.88. The molecule has 1 saturated heterocycles. The third-order valence-corrected chi connectivity index (χ3v) is 5.10. The lowest BCUT2D eigenvalue weighted by Gasteiger charge is -2.28. The SMILES string of the molecule is COc1ccccc1C1C(C(=O)c2cccnc2)C(=O)C(=O)N1c1ccc(F)cc1. The van der Waals surface area contributed by atoms with Crippen LogP contribution in [0, 0.1) is 11.7 Å². The molecular formula is C23H17FN2O4. The highest BCUT2D eigenvalue weighted by Crippen LogP contribution is 2.44. The fourth-order valence-corrected chi connectivity index (χ4v) is 3.73. The topological polar surface area (TPSA) is 76.6 Å². The van der Waals surface area contributed by atoms with E-state index in [9.17, 15) is 18.8 Å². The van der Waals surface area contributed by atoms with E-state index in [0.29, 0.717) is 17.0 Å². The van der Waals surface area contributed by atoms with Crippen molar-refractivity contribution in [2.24, 2.45) is 5.92 Å². The number of hydrogen-bond acceptors (Lipinski definition) is 5. The molecule has 0 saturated carbocycles. The summed E-state index contributed by atoms with van der Waals surface area (Å²) in [5, 5.41) is 0. The number of aromatic nitrogens is 1. The van der Waals surface area contributed by atoms with E-state index in [1.165, 1.54) is 48.7 Å². The van der Waals surface area contributed by atoms with Crippen LogP contribution in [-0.4, -0.2) is 29.6 Å². The summed E-state index contributed by atoms with van der Waals surface area (Å²) >= 11 is 0. The van der Waals surface area contributed by atoms with Gasteiger partial charge in [-0.25, -0.2) is 4.39 Å². The zero-order valence-electron chi connectivity index (χ0n) is 16.0. The molecule has 0 bridgehead atoms. The number of hydrogen-bond donors (Lipinski definition) is 0. The van der Waals surface area contributed by atoms with Gasteiger partial charge in [-0.15, -0.1) is 0 Å². The van der Waals surface area contributed by atoms with Gasteiger partial charge in [0.05, 0.1) is 13.2 Å². The summed E-state index contributed by atoms with van der Waals surface area (Å²) in [4.78, 5) is 44.5. The van der Waals surface area contributed by atoms with Crippen molar-refractivity contribution in [3.8, 4) is 5.75 Å². The second-order valence-electron chi connectivity index (χ2n) is 6.79. The minimum absolute atomic E-state index is 0.226. The number of nitrogens with zero attached hydrogens (tertiary/aromatic N) is 2. The predicted octanol–water partition coefficient (Wildman–Crippen LogP) is 3.39. The Labute approximate surface area is 171 Å². The number of methoxy groups -OCH3 is 1. The van der Waals surface area contributed by atoms with Crippen LogP contribution in [0.2, 0.25) is 0 Å². The van der Waals surface area contributed by atoms with Crippen molar-refractivity contribution in [3.63, 3.8) is 0 Å². The summed E-state index contributed by atoms with van der Waals surface area (Å²) in [6, 6.07) is 14.3. The van der Waals surface area contributed by atoms with Crippen LogP contribution >= 0.6 is 0 Å². The number of carbonyl (C=O) groups excluding carboxylic acids is 3. The summed E-state index contributed by atoms with van der Waals surface area (Å²) in [6.45, 7) is 0. The van der Waals surface area contributed by atoms with E-state index >= 15 is 0 Å². The first-order chi connectivity index (χ1) is 14.5. The minimum Gasteiger partial charge on any atom is -0.496 e. The van der Waals surface area contributed by atoms with Crippen molar-refractivity contribution in [1.29, 1.82) is 0 Å². The quantitative estimate of drug-likeness (QED) is 0.370. The van der Waals surface area contributed by atoms with E-state index in [1.807, 2.05) is 0 Å². The first-order valence-corrected chi connectivity index (χ1v) is 9.23. The number of halogens is 1. The van der Waals surface area contributed by atoms with Crippen LogP contribution in [0.1, 0.15) is 22.0 Å². The van der Waals surface area contributed by atoms with Crippen LogP contribution < -0.4 is 9.64 Å². The summed E-state index contributed by atoms with van der Waals surface area (Å²) in [7, 11) is 1.47. The molecule has 6 nitrogen and oxygen atoms in total. The molecule has 1 amide bonds. The zero-order valence-corrected chi connectivity index (χ0v) is 16.0. The second kappa shape index (κ2) is 7.87. The van der Waals surface area contributed by atoms with Gasteiger partial charge in [0.2, 0.25) is 5.78 Å². The molecule has 2 heterocycles. The normalized spacial score (nSPS) is 18.5. The van der Waals surface area contributed by atoms with Gasteiger partial charge in [-0.3, -0.25) is 24.3 Å². The third-order valence-electron chi connectivity index (χ3n) is 5.10. The number of amides is 1. The maximum absolute atomic E-state index is 13.5. The summed E-state index contributed by atoms with van der Waals surface area (Å²) < 4.78 is 18.9. The Morgan fingerprint density at radius 2 is 1.77 bits per heavy atom. The van der Waals surface area contributed by atoms with Gasteiger partial charge in [-0.1, -0.05) is 18.2 Å². The average Bonchev–Trinajstić information content (AvgIpc) is 3.05. The Morgan fingerprint density at radius 3 is 2.43 bits per heavy atom. The fourth-order valence-electron chi connectivity index (χ4n) is 3.73. The molecule has 4 rings (SSSR count). The summed E-state index contributed by atoms with van der Waals surface area (Å²) in [5.41, 5.74) is 1.04. The Balaban J connectivity index is 1.90. The number of rotatable bonds is 5. The molecule has 3 aromatic rings. The molecule has 1 aliphatic rings. The number of pyridine rings is 1. The molecule has 0 spiro atoms. The Hall–Kier alpha value is -3.87. The fraction of sp³-hybridized carbons (Fsp3) is 0.130. The van der Waals surface area contributed by atoms with Crippen LogP contribution in [0.15, 0.2) is 73.1 Å². The smallest absolute Gasteiger partial charge is 0.295 e. The van der Waals surface area contributed by atoms with Crippen molar-refractivity contribution in [1.82, 2.24) is 4.98 Å². The Morgan fingerprint density at radius 1 is 1.03 bits per heavy atom. The number of para-hydroxylation sites is 1. The van der Waals surface area contributed by atoms with Gasteiger partial charge in [0.1, 0.15) is 17.5 Å². The third kappa shape index (κ3) is 3.24. The van der Waals surface area contributed by atoms with Crippen LogP contribution in [0.5, 0.6) is 5.75 Å². The number of benzene rings is 2. The van der Waals surface area contributed by atoms with Crippen LogP contribution in [-0.2, 0) is 9.59 Å². The van der Waals surface area contributed by atoms with Gasteiger partial charge in [-0.05, 0) is 42.5 Å². The number of ether oxygens (including phenoxy) is 1. The van der Waals surface area contributed by atoms with Crippen molar-refractivity contribution < 1.29 is 23.5 Å². The molecule has 0 aliphatic carbocycles. The average molecular weight is 404 g/mol. The van der Waals surface area contributed by atoms with Gasteiger partial charge in [-0.2, -0.15) is 0 Å². The number of anilines is 1. The lowest BCUT2D eigenvalue weighted by Crippen LogP contribution is -2.31. The summed E-state index contributed by atoms with van der Waals surface area (Å²) in [5.74, 6) is -3.51. The lowest BCUT2D eigenvalue weighted by atomic mass is 9.86. The molecule has 2 aromatic carbocycles. The van der Waals surface area contributed by atoms with E-state index in [0.717, 1.165) is 0 Å². The molecule has 2 atom stereocenters. The monoisotopic (exact) mass is 404 g/mol. The molecule has 0 radical (unpaired) electrons. The van der Waals surface area contributed by atoms with E-state index < -0.39 is 35.3 Å². The number of Topliss-reactive ketones (excluding diaryl/α,β-unsaturated/α-hetero) is 2. The van der Waals surface area contributed by atoms with Crippen LogP contribution in [0.4, 0.5) is 10.1 Å². The van der Waals surface area contributed by atoms with Crippen LogP contribution in [0.3, 0.4) is 0 Å². The Kier molecular flexibility index (Phi) is 5.10. The van der Waals surface area contributed by atoms with E-state index in [2.05, 4.69) is 4.98 Å². The lowest BCUT2D eigenvalue weighted by molar-refractivity contribution is -0.135. The highest BCUT2D eigenvalue weighted by Gasteiger charge is 2.53. The molecule has 1 fully saturated rings. The van der Waals surface area contributed by atoms with E-state index in [4.69, 9.17) is 4.74 Å². The standard InChI is InChI=1S/C23H17FN2O4/c1-30-18-7-3-2-6-17(18)20-19(21(27)14-5-4-12-25-13-14)22(28)23(29)26(20)16-10-8-15(24)9-11-16/h2-13,19-20H,1H3. The molecule has 2 unspecified atom stereocenters. The molecular weight excluding hydrogens is 387 g/mol. The van der Waals surface area contributed by atoms with Crippen molar-refractivity contribution in [2.45, 2.75) is 6.04 Å². The second-order valence-corrected chi connectivity index (χ2v) is 6.79. The van der Waals surface area contributed by atoms with Crippen molar-refractivity contribution >= 4 is 23.2 Å². The van der Waals surface area contributed by atoms with Gasteiger partial charge in [0.25, 0.3) is 5.91 Å². The van der Waals surface area contributed by atoms with Gasteiger partial charge in [0, 0.05) is 29.2 Å². The Bertz CT molecular complexity index is 1120. The van der Waals surface area contributed by atoms with E-state index in [-0.39, 0.29) is 5.56 Å². The molecule has 0 N–H and O–H groups in total. The molecule has 1 aromatic heterocycles. The molecule has 1 aliphatic heterocycles. The van der Waals surface area contributed by atoms with Gasteiger partial charge in [0.15, 0.2) is 5.78 Å². The highest BCUT2D eigenvalue weighted by atomic mass is 19.1. The number of carbonyl (C=O) groups is 3. The van der Waals surface area contributed by atoms with Crippen molar-refractivity contribution in [3.05, 3.63) is 90.0 Å². The molecule has 7 heteroatoms. The first kappa shape index (κ1) is 19.4. The molecule has 150 valence electrons. The van der Waals surface area contributed by atoms with Crippen LogP contribution in [0.25, 0.3) is 0 Å². The maximum atomic E-state index is 13.5.